The molecule has 0 amide bonds. The van der Waals surface area contributed by atoms with Crippen LogP contribution in [0, 0.1) is 5.92 Å². The van der Waals surface area contributed by atoms with Gasteiger partial charge in [-0.3, -0.25) is 0 Å². The molecule has 0 fully saturated rings. The predicted molar refractivity (Wildman–Crippen MR) is 68.6 cm³/mol. The van der Waals surface area contributed by atoms with E-state index in [4.69, 9.17) is 10.3 Å². The molecule has 98 valence electrons. The van der Waals surface area contributed by atoms with Crippen LogP contribution in [-0.2, 0) is 11.0 Å². The van der Waals surface area contributed by atoms with E-state index in [-0.39, 0.29) is 5.41 Å². The van der Waals surface area contributed by atoms with Crippen LogP contribution >= 0.6 is 0 Å². The average molecular weight is 239 g/mol. The monoisotopic (exact) mass is 239 g/mol. The molecule has 1 unspecified atom stereocenters. The lowest BCUT2D eigenvalue weighted by Crippen LogP contribution is -2.34. The molecule has 1 atom stereocenters. The second kappa shape index (κ2) is 4.77. The minimum absolute atomic E-state index is 0.126. The maximum Gasteiger partial charge on any atom is 0.232 e. The second-order valence-corrected chi connectivity index (χ2v) is 6.52. The molecule has 4 heteroatoms. The molecule has 0 aliphatic rings. The van der Waals surface area contributed by atoms with E-state index in [1.165, 1.54) is 0 Å². The Morgan fingerprint density at radius 3 is 2.24 bits per heavy atom. The van der Waals surface area contributed by atoms with Crippen LogP contribution in [0.15, 0.2) is 4.52 Å². The maximum atomic E-state index is 6.26. The van der Waals surface area contributed by atoms with E-state index < -0.39 is 5.54 Å². The van der Waals surface area contributed by atoms with Crippen molar-refractivity contribution >= 4 is 0 Å². The highest BCUT2D eigenvalue weighted by Crippen LogP contribution is 2.26. The van der Waals surface area contributed by atoms with Crippen molar-refractivity contribution in [1.29, 1.82) is 0 Å². The first-order valence-electron chi connectivity index (χ1n) is 6.26. The molecule has 0 saturated carbocycles. The molecule has 1 aromatic heterocycles. The molecule has 0 spiro atoms. The molecule has 0 aliphatic carbocycles. The van der Waals surface area contributed by atoms with Gasteiger partial charge in [0.25, 0.3) is 0 Å². The zero-order valence-electron chi connectivity index (χ0n) is 11.9. The van der Waals surface area contributed by atoms with Crippen LogP contribution in [0.2, 0.25) is 0 Å². The van der Waals surface area contributed by atoms with Crippen LogP contribution in [0.1, 0.15) is 66.1 Å². The summed E-state index contributed by atoms with van der Waals surface area (Å²) in [5, 5.41) is 4.02. The highest BCUT2D eigenvalue weighted by atomic mass is 16.5. The third kappa shape index (κ3) is 3.80. The normalized spacial score (nSPS) is 16.2. The quantitative estimate of drug-likeness (QED) is 0.877. The summed E-state index contributed by atoms with van der Waals surface area (Å²) in [6.45, 7) is 12.5. The molecular formula is C13H25N3O. The second-order valence-electron chi connectivity index (χ2n) is 6.52. The van der Waals surface area contributed by atoms with E-state index in [1.54, 1.807) is 0 Å². The van der Waals surface area contributed by atoms with Gasteiger partial charge in [-0.05, 0) is 25.7 Å². The fourth-order valence-electron chi connectivity index (χ4n) is 1.46. The summed E-state index contributed by atoms with van der Waals surface area (Å²) in [5.41, 5.74) is 5.63. The SMILES string of the molecule is CC(C)CCC(C)(N)c1noc(C(C)(C)C)n1. The molecule has 0 bridgehead atoms. The van der Waals surface area contributed by atoms with Crippen LogP contribution < -0.4 is 5.73 Å². The van der Waals surface area contributed by atoms with E-state index >= 15 is 0 Å². The van der Waals surface area contributed by atoms with Crippen molar-refractivity contribution in [2.45, 2.75) is 65.3 Å². The first kappa shape index (κ1) is 14.2. The summed E-state index contributed by atoms with van der Waals surface area (Å²) in [7, 11) is 0. The van der Waals surface area contributed by atoms with Crippen LogP contribution in [0.4, 0.5) is 0 Å². The largest absolute Gasteiger partial charge is 0.339 e. The minimum atomic E-state index is -0.503. The van der Waals surface area contributed by atoms with E-state index in [0.29, 0.717) is 17.6 Å². The molecule has 0 saturated heterocycles. The van der Waals surface area contributed by atoms with Crippen molar-refractivity contribution in [3.05, 3.63) is 11.7 Å². The molecule has 0 aromatic carbocycles. The van der Waals surface area contributed by atoms with Crippen molar-refractivity contribution in [2.75, 3.05) is 0 Å². The lowest BCUT2D eigenvalue weighted by atomic mass is 9.92. The molecule has 0 radical (unpaired) electrons. The highest BCUT2D eigenvalue weighted by Gasteiger charge is 2.30. The summed E-state index contributed by atoms with van der Waals surface area (Å²) in [5.74, 6) is 1.89. The van der Waals surface area contributed by atoms with Gasteiger partial charge in [0.05, 0.1) is 5.54 Å². The van der Waals surface area contributed by atoms with Gasteiger partial charge in [0, 0.05) is 5.41 Å². The van der Waals surface area contributed by atoms with Gasteiger partial charge in [-0.25, -0.2) is 0 Å². The maximum absolute atomic E-state index is 6.26. The van der Waals surface area contributed by atoms with Crippen molar-refractivity contribution in [3.63, 3.8) is 0 Å². The summed E-state index contributed by atoms with van der Waals surface area (Å²) in [6, 6.07) is 0. The van der Waals surface area contributed by atoms with Gasteiger partial charge in [-0.15, -0.1) is 0 Å². The standard InChI is InChI=1S/C13H25N3O/c1-9(2)7-8-13(6,14)10-15-11(17-16-10)12(3,4)5/h9H,7-8,14H2,1-6H3. The van der Waals surface area contributed by atoms with Crippen LogP contribution in [-0.4, -0.2) is 10.1 Å². The van der Waals surface area contributed by atoms with Crippen molar-refractivity contribution < 1.29 is 4.52 Å². The van der Waals surface area contributed by atoms with Gasteiger partial charge in [0.1, 0.15) is 0 Å². The van der Waals surface area contributed by atoms with Crippen molar-refractivity contribution in [1.82, 2.24) is 10.1 Å². The zero-order chi connectivity index (χ0) is 13.3. The molecular weight excluding hydrogens is 214 g/mol. The molecule has 17 heavy (non-hydrogen) atoms. The predicted octanol–water partition coefficient (Wildman–Crippen LogP) is 2.98. The lowest BCUT2D eigenvalue weighted by molar-refractivity contribution is 0.306. The molecule has 1 aromatic rings. The summed E-state index contributed by atoms with van der Waals surface area (Å²) in [4.78, 5) is 4.43. The highest BCUT2D eigenvalue weighted by molar-refractivity contribution is 5.05. The van der Waals surface area contributed by atoms with Gasteiger partial charge in [0.2, 0.25) is 5.89 Å². The molecule has 4 nitrogen and oxygen atoms in total. The van der Waals surface area contributed by atoms with Crippen LogP contribution in [0.3, 0.4) is 0 Å². The Morgan fingerprint density at radius 2 is 1.82 bits per heavy atom. The number of aromatic nitrogens is 2. The summed E-state index contributed by atoms with van der Waals surface area (Å²) in [6.07, 6.45) is 1.93. The number of hydrogen-bond donors (Lipinski definition) is 1. The lowest BCUT2D eigenvalue weighted by Gasteiger charge is -2.21. The van der Waals surface area contributed by atoms with Gasteiger partial charge < -0.3 is 10.3 Å². The van der Waals surface area contributed by atoms with Gasteiger partial charge >= 0.3 is 0 Å². The molecule has 1 rings (SSSR count). The Balaban J connectivity index is 2.81. The third-order valence-corrected chi connectivity index (χ3v) is 2.82. The Morgan fingerprint density at radius 1 is 1.24 bits per heavy atom. The summed E-state index contributed by atoms with van der Waals surface area (Å²) >= 11 is 0. The van der Waals surface area contributed by atoms with Crippen LogP contribution in [0.25, 0.3) is 0 Å². The van der Waals surface area contributed by atoms with E-state index in [9.17, 15) is 0 Å². The summed E-state index contributed by atoms with van der Waals surface area (Å²) < 4.78 is 5.28. The van der Waals surface area contributed by atoms with E-state index in [1.807, 2.05) is 27.7 Å². The third-order valence-electron chi connectivity index (χ3n) is 2.82. The number of nitrogens with zero attached hydrogens (tertiary/aromatic N) is 2. The topological polar surface area (TPSA) is 64.9 Å². The fourth-order valence-corrected chi connectivity index (χ4v) is 1.46. The first-order valence-corrected chi connectivity index (χ1v) is 6.26. The minimum Gasteiger partial charge on any atom is -0.339 e. The fraction of sp³-hybridized carbons (Fsp3) is 0.846. The first-order chi connectivity index (χ1) is 7.63. The Hall–Kier alpha value is -0.900. The molecule has 1 heterocycles. The number of nitrogens with two attached hydrogens (primary N) is 1. The Bertz CT molecular complexity index is 361. The van der Waals surface area contributed by atoms with Crippen molar-refractivity contribution in [2.24, 2.45) is 11.7 Å². The average Bonchev–Trinajstić information content (AvgIpc) is 2.63. The van der Waals surface area contributed by atoms with Gasteiger partial charge in [-0.2, -0.15) is 4.98 Å². The van der Waals surface area contributed by atoms with Crippen LogP contribution in [0.5, 0.6) is 0 Å². The Labute approximate surface area is 104 Å². The van der Waals surface area contributed by atoms with Gasteiger partial charge in [0.15, 0.2) is 5.82 Å². The van der Waals surface area contributed by atoms with Gasteiger partial charge in [-0.1, -0.05) is 39.8 Å². The van der Waals surface area contributed by atoms with E-state index in [0.717, 1.165) is 12.8 Å². The van der Waals surface area contributed by atoms with Crippen molar-refractivity contribution in [3.8, 4) is 0 Å². The van der Waals surface area contributed by atoms with E-state index in [2.05, 4.69) is 24.0 Å². The zero-order valence-corrected chi connectivity index (χ0v) is 11.9. The Kier molecular flexibility index (Phi) is 3.97. The molecule has 2 N–H and O–H groups in total. The number of hydrogen-bond acceptors (Lipinski definition) is 4. The molecule has 0 aliphatic heterocycles. The smallest absolute Gasteiger partial charge is 0.232 e. The number of rotatable bonds is 4.